The topological polar surface area (TPSA) is 119 Å². The van der Waals surface area contributed by atoms with Crippen LogP contribution in [0.4, 0.5) is 19.4 Å². The Morgan fingerprint density at radius 3 is 2.67 bits per heavy atom. The number of ether oxygens (including phenoxy) is 4. The molecule has 13 heteroatoms. The fraction of sp³-hybridized carbons (Fsp3) is 0.526. The molecule has 2 aromatic carbocycles. The number of β-amino-alcohol motifs (C(OH)–C–C–N with tert-alkyl or cyclic N) is 1. The summed E-state index contributed by atoms with van der Waals surface area (Å²) in [5.74, 6) is -0.0517. The van der Waals surface area contributed by atoms with E-state index in [0.717, 1.165) is 6.42 Å². The van der Waals surface area contributed by atoms with E-state index < -0.39 is 22.8 Å². The van der Waals surface area contributed by atoms with Crippen molar-refractivity contribution in [3.05, 3.63) is 47.7 Å². The lowest BCUT2D eigenvalue weighted by atomic mass is 9.94. The molecule has 0 bridgehead atoms. The first-order chi connectivity index (χ1) is 24.2. The van der Waals surface area contributed by atoms with Gasteiger partial charge < -0.3 is 33.9 Å². The molecule has 2 saturated heterocycles. The van der Waals surface area contributed by atoms with E-state index in [1.165, 1.54) is 19.4 Å². The Balaban J connectivity index is 1.30. The summed E-state index contributed by atoms with van der Waals surface area (Å²) in [6.45, 7) is 11.3. The highest BCUT2D eigenvalue weighted by Crippen LogP contribution is 2.58. The van der Waals surface area contributed by atoms with Crippen molar-refractivity contribution in [2.75, 3.05) is 51.6 Å². The second-order valence-electron chi connectivity index (χ2n) is 15.4. The van der Waals surface area contributed by atoms with Crippen LogP contribution in [0.3, 0.4) is 0 Å². The van der Waals surface area contributed by atoms with Crippen LogP contribution in [-0.4, -0.2) is 88.9 Å². The second-order valence-corrected chi connectivity index (χ2v) is 15.4. The minimum absolute atomic E-state index is 0.0114. The van der Waals surface area contributed by atoms with E-state index in [1.54, 1.807) is 30.0 Å². The maximum absolute atomic E-state index is 17.1. The van der Waals surface area contributed by atoms with Crippen molar-refractivity contribution < 1.29 is 37.6 Å². The quantitative estimate of drug-likeness (QED) is 0.190. The summed E-state index contributed by atoms with van der Waals surface area (Å²) >= 11 is 0. The number of anilines is 1. The van der Waals surface area contributed by atoms with E-state index >= 15 is 8.78 Å². The van der Waals surface area contributed by atoms with Crippen LogP contribution in [0.25, 0.3) is 32.9 Å². The SMILES string of the molecule is CCc1c(F)ccc2cc(OCOC)cc(-c3ncc4c(N5CCC[C@@](C)(O)C5)nc(OCC56CC5CN(C(=O)OC(C)(C)C)C6)nc4c3F)c12. The Hall–Kier alpha value is -4.36. The van der Waals surface area contributed by atoms with Gasteiger partial charge in [0.05, 0.1) is 17.6 Å². The smallest absolute Gasteiger partial charge is 0.410 e. The average Bonchev–Trinajstić information content (AvgIpc) is 3.63. The number of carbonyl (C=O) groups excluding carboxylic acids is 1. The number of fused-ring (bicyclic) bond motifs is 3. The van der Waals surface area contributed by atoms with Gasteiger partial charge in [0.15, 0.2) is 12.6 Å². The molecular formula is C38H45F2N5O6. The van der Waals surface area contributed by atoms with Gasteiger partial charge in [0.1, 0.15) is 34.2 Å². The third kappa shape index (κ3) is 6.85. The summed E-state index contributed by atoms with van der Waals surface area (Å²) in [7, 11) is 1.50. The standard InChI is InChI=1S/C38H45F2N5O6/c1-7-25-28(39)10-9-22-13-24(50-21-48-6)14-26(29(22)25)31-30(40)32-27(16-41-31)33(44-12-8-11-37(5,47)18-44)43-34(42-32)49-20-38-15-23(38)17-45(19-38)35(46)51-36(2,3)4/h9-10,13-14,16,23,47H,7-8,11-12,15,17-21H2,1-6H3/t23?,37-,38?/m1/s1. The molecule has 2 aliphatic heterocycles. The number of aryl methyl sites for hydroxylation is 1. The van der Waals surface area contributed by atoms with Crippen LogP contribution in [0.15, 0.2) is 30.5 Å². The van der Waals surface area contributed by atoms with Crippen LogP contribution in [0.5, 0.6) is 11.8 Å². The first-order valence-corrected chi connectivity index (χ1v) is 17.5. The lowest BCUT2D eigenvalue weighted by Gasteiger charge is -2.37. The number of rotatable bonds is 9. The van der Waals surface area contributed by atoms with Gasteiger partial charge in [-0.05, 0) is 93.8 Å². The summed E-state index contributed by atoms with van der Waals surface area (Å²) in [6.07, 6.45) is 3.76. The zero-order valence-corrected chi connectivity index (χ0v) is 30.0. The monoisotopic (exact) mass is 705 g/mol. The summed E-state index contributed by atoms with van der Waals surface area (Å²) in [5.41, 5.74) is -1.10. The van der Waals surface area contributed by atoms with Gasteiger partial charge >= 0.3 is 12.1 Å². The Labute approximate surface area is 295 Å². The summed E-state index contributed by atoms with van der Waals surface area (Å²) < 4.78 is 55.0. The molecule has 2 unspecified atom stereocenters. The van der Waals surface area contributed by atoms with Gasteiger partial charge in [0.2, 0.25) is 0 Å². The molecule has 272 valence electrons. The lowest BCUT2D eigenvalue weighted by Crippen LogP contribution is -2.46. The average molecular weight is 706 g/mol. The summed E-state index contributed by atoms with van der Waals surface area (Å²) in [4.78, 5) is 30.4. The van der Waals surface area contributed by atoms with Gasteiger partial charge in [-0.1, -0.05) is 13.0 Å². The molecule has 0 spiro atoms. The lowest BCUT2D eigenvalue weighted by molar-refractivity contribution is 0.0253. The number of nitrogens with zero attached hydrogens (tertiary/aromatic N) is 5. The molecule has 1 amide bonds. The Kier molecular flexibility index (Phi) is 8.94. The summed E-state index contributed by atoms with van der Waals surface area (Å²) in [6, 6.07) is 6.42. The van der Waals surface area contributed by atoms with Crippen molar-refractivity contribution >= 4 is 33.6 Å². The molecule has 7 rings (SSSR count). The zero-order valence-electron chi connectivity index (χ0n) is 30.0. The molecule has 1 aliphatic carbocycles. The fourth-order valence-corrected chi connectivity index (χ4v) is 7.64. The number of benzene rings is 2. The number of piperidine rings is 2. The van der Waals surface area contributed by atoms with Crippen molar-refractivity contribution in [1.29, 1.82) is 0 Å². The van der Waals surface area contributed by atoms with Gasteiger partial charge in [-0.3, -0.25) is 4.98 Å². The molecule has 4 aromatic rings. The Morgan fingerprint density at radius 2 is 1.94 bits per heavy atom. The first kappa shape index (κ1) is 35.1. The minimum Gasteiger partial charge on any atom is -0.468 e. The maximum atomic E-state index is 17.1. The highest BCUT2D eigenvalue weighted by Gasteiger charge is 2.62. The molecule has 4 heterocycles. The van der Waals surface area contributed by atoms with Crippen molar-refractivity contribution in [2.24, 2.45) is 11.3 Å². The van der Waals surface area contributed by atoms with Crippen molar-refractivity contribution in [3.8, 4) is 23.0 Å². The van der Waals surface area contributed by atoms with Crippen molar-refractivity contribution in [2.45, 2.75) is 71.5 Å². The first-order valence-electron chi connectivity index (χ1n) is 17.5. The van der Waals surface area contributed by atoms with E-state index in [2.05, 4.69) is 9.97 Å². The van der Waals surface area contributed by atoms with Crippen LogP contribution in [0.1, 0.15) is 59.4 Å². The van der Waals surface area contributed by atoms with E-state index in [-0.39, 0.29) is 54.6 Å². The molecule has 51 heavy (non-hydrogen) atoms. The molecular weight excluding hydrogens is 660 g/mol. The molecule has 11 nitrogen and oxygen atoms in total. The number of aliphatic hydroxyl groups is 1. The van der Waals surface area contributed by atoms with Crippen LogP contribution in [0, 0.1) is 23.0 Å². The highest BCUT2D eigenvalue weighted by atomic mass is 19.1. The van der Waals surface area contributed by atoms with Gasteiger partial charge in [-0.2, -0.15) is 9.97 Å². The summed E-state index contributed by atoms with van der Waals surface area (Å²) in [5, 5.41) is 12.5. The number of aromatic nitrogens is 3. The van der Waals surface area contributed by atoms with E-state index in [0.29, 0.717) is 77.7 Å². The molecule has 1 N–H and O–H groups in total. The predicted molar refractivity (Wildman–Crippen MR) is 188 cm³/mol. The molecule has 3 atom stereocenters. The van der Waals surface area contributed by atoms with Gasteiger partial charge in [0, 0.05) is 50.5 Å². The third-order valence-electron chi connectivity index (χ3n) is 10.2. The number of methoxy groups -OCH3 is 1. The Morgan fingerprint density at radius 1 is 1.14 bits per heavy atom. The fourth-order valence-electron chi connectivity index (χ4n) is 7.64. The molecule has 2 aromatic heterocycles. The van der Waals surface area contributed by atoms with Crippen LogP contribution in [0.2, 0.25) is 0 Å². The van der Waals surface area contributed by atoms with Crippen LogP contribution >= 0.6 is 0 Å². The maximum Gasteiger partial charge on any atom is 0.410 e. The third-order valence-corrected chi connectivity index (χ3v) is 10.2. The van der Waals surface area contributed by atoms with E-state index in [4.69, 9.17) is 23.9 Å². The molecule has 1 saturated carbocycles. The number of amides is 1. The van der Waals surface area contributed by atoms with Gasteiger partial charge in [0.25, 0.3) is 0 Å². The van der Waals surface area contributed by atoms with E-state index in [1.807, 2.05) is 32.6 Å². The van der Waals surface area contributed by atoms with Gasteiger partial charge in [-0.15, -0.1) is 0 Å². The number of likely N-dealkylation sites (tertiary alicyclic amines) is 1. The zero-order chi connectivity index (χ0) is 36.3. The van der Waals surface area contributed by atoms with Crippen LogP contribution < -0.4 is 14.4 Å². The van der Waals surface area contributed by atoms with Crippen molar-refractivity contribution in [3.63, 3.8) is 0 Å². The van der Waals surface area contributed by atoms with Gasteiger partial charge in [-0.25, -0.2) is 13.6 Å². The predicted octanol–water partition coefficient (Wildman–Crippen LogP) is 6.66. The number of hydrogen-bond donors (Lipinski definition) is 1. The normalized spacial score (nSPS) is 23.1. The Bertz CT molecular complexity index is 2000. The second kappa shape index (κ2) is 13.0. The highest BCUT2D eigenvalue weighted by molar-refractivity contribution is 6.01. The minimum atomic E-state index is -0.972. The molecule has 0 radical (unpaired) electrons. The van der Waals surface area contributed by atoms with E-state index in [9.17, 15) is 9.90 Å². The van der Waals surface area contributed by atoms with Crippen LogP contribution in [-0.2, 0) is 15.9 Å². The number of hydrogen-bond acceptors (Lipinski definition) is 10. The molecule has 3 fully saturated rings. The largest absolute Gasteiger partial charge is 0.468 e. The van der Waals surface area contributed by atoms with Crippen molar-refractivity contribution in [1.82, 2.24) is 19.9 Å². The number of pyridine rings is 1. The molecule has 3 aliphatic rings. The number of carbonyl (C=O) groups is 1. The number of halogens is 2.